The minimum atomic E-state index is -0.921. The van der Waals surface area contributed by atoms with Crippen LogP contribution in [0.3, 0.4) is 0 Å². The van der Waals surface area contributed by atoms with Gasteiger partial charge in [0.1, 0.15) is 5.82 Å². The molecule has 0 aliphatic heterocycles. The van der Waals surface area contributed by atoms with E-state index in [9.17, 15) is 19.4 Å². The summed E-state index contributed by atoms with van der Waals surface area (Å²) in [6.07, 6.45) is 0.108. The predicted octanol–water partition coefficient (Wildman–Crippen LogP) is 7.50. The van der Waals surface area contributed by atoms with Crippen molar-refractivity contribution in [2.45, 2.75) is 91.8 Å². The first-order valence-electron chi connectivity index (χ1n) is 15.2. The number of carboxylic acid groups (broad SMARTS) is 1. The van der Waals surface area contributed by atoms with E-state index < -0.39 is 18.4 Å². The Morgan fingerprint density at radius 2 is 1.77 bits per heavy atom. The van der Waals surface area contributed by atoms with Crippen LogP contribution < -0.4 is 5.32 Å². The lowest BCUT2D eigenvalue weighted by molar-refractivity contribution is -0.157. The second kappa shape index (κ2) is 15.6. The van der Waals surface area contributed by atoms with E-state index in [1.807, 2.05) is 56.3 Å². The van der Waals surface area contributed by atoms with Crippen molar-refractivity contribution in [3.8, 4) is 11.1 Å². The molecule has 0 aliphatic carbocycles. The molecule has 7 heteroatoms. The number of carbonyl (C=O) groups is 1. The molecule has 0 bridgehead atoms. The number of ether oxygens (including phenoxy) is 2. The largest absolute Gasteiger partial charge is 0.478 e. The SMILES string of the molecule is CCC(O)O[C@H](CNC(C)(C)Cc1ccc(C)c(F)c1)COC(C)c1ccccc1-c1ccc(C(=O)O)c(CC(C)C)c1. The number of rotatable bonds is 16. The molecule has 0 saturated heterocycles. The first kappa shape index (κ1) is 34.4. The van der Waals surface area contributed by atoms with Gasteiger partial charge in [-0.3, -0.25) is 0 Å². The third kappa shape index (κ3) is 10.2. The number of benzene rings is 3. The number of halogens is 1. The van der Waals surface area contributed by atoms with E-state index in [-0.39, 0.29) is 24.1 Å². The molecule has 234 valence electrons. The van der Waals surface area contributed by atoms with Gasteiger partial charge >= 0.3 is 5.97 Å². The van der Waals surface area contributed by atoms with Crippen LogP contribution >= 0.6 is 0 Å². The van der Waals surface area contributed by atoms with Gasteiger partial charge in [-0.15, -0.1) is 0 Å². The molecule has 3 N–H and O–H groups in total. The molecule has 0 radical (unpaired) electrons. The van der Waals surface area contributed by atoms with Gasteiger partial charge in [-0.25, -0.2) is 9.18 Å². The Hall–Kier alpha value is -3.10. The Kier molecular flexibility index (Phi) is 12.5. The number of aromatic carboxylic acids is 1. The molecule has 0 amide bonds. The molecule has 0 saturated carbocycles. The number of aliphatic hydroxyl groups excluding tert-OH is 1. The fourth-order valence-electron chi connectivity index (χ4n) is 5.21. The fourth-order valence-corrected chi connectivity index (χ4v) is 5.21. The maximum Gasteiger partial charge on any atom is 0.335 e. The van der Waals surface area contributed by atoms with Crippen molar-refractivity contribution < 1.29 is 28.9 Å². The lowest BCUT2D eigenvalue weighted by Gasteiger charge is -2.31. The predicted molar refractivity (Wildman–Crippen MR) is 170 cm³/mol. The van der Waals surface area contributed by atoms with Crippen LogP contribution in [0.25, 0.3) is 11.1 Å². The van der Waals surface area contributed by atoms with Gasteiger partial charge in [-0.05, 0) is 98.4 Å². The van der Waals surface area contributed by atoms with Gasteiger partial charge < -0.3 is 25.0 Å². The second-order valence-electron chi connectivity index (χ2n) is 12.5. The summed E-state index contributed by atoms with van der Waals surface area (Å²) >= 11 is 0. The highest BCUT2D eigenvalue weighted by Crippen LogP contribution is 2.32. The third-order valence-electron chi connectivity index (χ3n) is 7.60. The van der Waals surface area contributed by atoms with Crippen LogP contribution in [0.4, 0.5) is 4.39 Å². The average molecular weight is 594 g/mol. The maximum atomic E-state index is 14.1. The summed E-state index contributed by atoms with van der Waals surface area (Å²) in [4.78, 5) is 11.8. The Labute approximate surface area is 256 Å². The Morgan fingerprint density at radius 1 is 1.05 bits per heavy atom. The molecular weight excluding hydrogens is 545 g/mol. The summed E-state index contributed by atoms with van der Waals surface area (Å²) < 4.78 is 26.4. The third-order valence-corrected chi connectivity index (χ3v) is 7.60. The smallest absolute Gasteiger partial charge is 0.335 e. The molecule has 3 atom stereocenters. The van der Waals surface area contributed by atoms with Gasteiger partial charge in [-0.2, -0.15) is 0 Å². The Bertz CT molecular complexity index is 1360. The number of hydrogen-bond donors (Lipinski definition) is 3. The summed E-state index contributed by atoms with van der Waals surface area (Å²) in [6.45, 7) is 14.5. The van der Waals surface area contributed by atoms with Crippen molar-refractivity contribution in [3.05, 3.63) is 94.3 Å². The lowest BCUT2D eigenvalue weighted by Crippen LogP contribution is -2.47. The van der Waals surface area contributed by atoms with Crippen LogP contribution in [-0.4, -0.2) is 47.3 Å². The molecule has 2 unspecified atom stereocenters. The standard InChI is InChI=1S/C36H48FNO5/c1-8-34(39)43-29(21-38-36(6,7)20-26-14-13-24(4)33(37)18-26)22-42-25(5)30-11-9-10-12-31(30)27-15-16-32(35(40)41)28(19-27)17-23(2)3/h9-16,18-19,23,25,29,34,38-39H,8,17,20-22H2,1-7H3,(H,40,41)/t25?,29-,34?/m1/s1. The highest BCUT2D eigenvalue weighted by Gasteiger charge is 2.24. The molecule has 6 nitrogen and oxygen atoms in total. The quantitative estimate of drug-likeness (QED) is 0.149. The average Bonchev–Trinajstić information content (AvgIpc) is 2.95. The van der Waals surface area contributed by atoms with E-state index in [0.717, 1.165) is 27.8 Å². The molecule has 3 aromatic rings. The van der Waals surface area contributed by atoms with Gasteiger partial charge in [0.2, 0.25) is 0 Å². The molecule has 3 aromatic carbocycles. The van der Waals surface area contributed by atoms with E-state index in [1.54, 1.807) is 25.1 Å². The molecule has 0 heterocycles. The van der Waals surface area contributed by atoms with Crippen LogP contribution in [0.15, 0.2) is 60.7 Å². The van der Waals surface area contributed by atoms with Crippen molar-refractivity contribution in [3.63, 3.8) is 0 Å². The zero-order valence-corrected chi connectivity index (χ0v) is 26.6. The van der Waals surface area contributed by atoms with E-state index in [0.29, 0.717) is 42.9 Å². The number of aryl methyl sites for hydroxylation is 1. The van der Waals surface area contributed by atoms with Crippen molar-refractivity contribution in [1.82, 2.24) is 5.32 Å². The van der Waals surface area contributed by atoms with Crippen molar-refractivity contribution in [2.24, 2.45) is 5.92 Å². The summed E-state index contributed by atoms with van der Waals surface area (Å²) in [5.41, 5.74) is 5.21. The van der Waals surface area contributed by atoms with E-state index in [1.165, 1.54) is 0 Å². The number of nitrogens with one attached hydrogen (secondary N) is 1. The van der Waals surface area contributed by atoms with Crippen LogP contribution in [-0.2, 0) is 22.3 Å². The summed E-state index contributed by atoms with van der Waals surface area (Å²) in [6, 6.07) is 18.8. The van der Waals surface area contributed by atoms with Crippen LogP contribution in [0.5, 0.6) is 0 Å². The number of hydrogen-bond acceptors (Lipinski definition) is 5. The summed E-state index contributed by atoms with van der Waals surface area (Å²) in [5, 5.41) is 23.5. The summed E-state index contributed by atoms with van der Waals surface area (Å²) in [5.74, 6) is -0.814. The van der Waals surface area contributed by atoms with Gasteiger partial charge in [0, 0.05) is 12.1 Å². The van der Waals surface area contributed by atoms with Gasteiger partial charge in [0.05, 0.1) is 24.4 Å². The minimum Gasteiger partial charge on any atom is -0.478 e. The number of aliphatic hydroxyl groups is 1. The van der Waals surface area contributed by atoms with Crippen molar-refractivity contribution in [2.75, 3.05) is 13.2 Å². The zero-order chi connectivity index (χ0) is 31.7. The van der Waals surface area contributed by atoms with Crippen LogP contribution in [0.2, 0.25) is 0 Å². The van der Waals surface area contributed by atoms with Gasteiger partial charge in [-0.1, -0.05) is 69.3 Å². The number of carboxylic acids is 1. The Morgan fingerprint density at radius 3 is 2.42 bits per heavy atom. The second-order valence-corrected chi connectivity index (χ2v) is 12.5. The highest BCUT2D eigenvalue weighted by molar-refractivity contribution is 5.90. The lowest BCUT2D eigenvalue weighted by atomic mass is 9.91. The van der Waals surface area contributed by atoms with Gasteiger partial charge in [0.15, 0.2) is 6.29 Å². The first-order valence-corrected chi connectivity index (χ1v) is 15.2. The molecule has 3 rings (SSSR count). The monoisotopic (exact) mass is 593 g/mol. The molecule has 0 fully saturated rings. The Balaban J connectivity index is 1.75. The van der Waals surface area contributed by atoms with Crippen molar-refractivity contribution in [1.29, 1.82) is 0 Å². The minimum absolute atomic E-state index is 0.211. The normalized spacial score (nSPS) is 14.1. The van der Waals surface area contributed by atoms with Crippen LogP contribution in [0.1, 0.15) is 86.7 Å². The van der Waals surface area contributed by atoms with E-state index in [4.69, 9.17) is 9.47 Å². The molecule has 0 aromatic heterocycles. The fraction of sp³-hybridized carbons (Fsp3) is 0.472. The molecule has 0 aliphatic rings. The van der Waals surface area contributed by atoms with E-state index >= 15 is 0 Å². The highest BCUT2D eigenvalue weighted by atomic mass is 19.1. The topological polar surface area (TPSA) is 88.0 Å². The molecular formula is C36H48FNO5. The molecule has 43 heavy (non-hydrogen) atoms. The summed E-state index contributed by atoms with van der Waals surface area (Å²) in [7, 11) is 0. The van der Waals surface area contributed by atoms with Crippen LogP contribution in [0, 0.1) is 18.7 Å². The first-order chi connectivity index (χ1) is 20.3. The zero-order valence-electron chi connectivity index (χ0n) is 26.6. The van der Waals surface area contributed by atoms with Gasteiger partial charge in [0.25, 0.3) is 0 Å². The molecule has 0 spiro atoms. The van der Waals surface area contributed by atoms with E-state index in [2.05, 4.69) is 33.0 Å². The van der Waals surface area contributed by atoms with Crippen molar-refractivity contribution >= 4 is 5.97 Å². The maximum absolute atomic E-state index is 14.1.